The van der Waals surface area contributed by atoms with Crippen molar-refractivity contribution in [3.63, 3.8) is 0 Å². The summed E-state index contributed by atoms with van der Waals surface area (Å²) >= 11 is 0. The van der Waals surface area contributed by atoms with Crippen molar-refractivity contribution >= 4 is 17.6 Å². The SMILES string of the molecule is CCCC(C)(NCC(=O)Nc1c(C)cccc1C)C(=O)O. The Balaban J connectivity index is 2.68. The molecule has 1 aromatic rings. The molecule has 21 heavy (non-hydrogen) atoms. The third-order valence-corrected chi connectivity index (χ3v) is 3.61. The topological polar surface area (TPSA) is 78.4 Å². The number of rotatable bonds is 7. The monoisotopic (exact) mass is 292 g/mol. The van der Waals surface area contributed by atoms with E-state index in [-0.39, 0.29) is 12.5 Å². The summed E-state index contributed by atoms with van der Waals surface area (Å²) in [5.74, 6) is -1.18. The maximum atomic E-state index is 12.0. The van der Waals surface area contributed by atoms with Crippen molar-refractivity contribution < 1.29 is 14.7 Å². The van der Waals surface area contributed by atoms with Gasteiger partial charge in [-0.2, -0.15) is 0 Å². The van der Waals surface area contributed by atoms with Gasteiger partial charge in [-0.1, -0.05) is 31.5 Å². The number of benzene rings is 1. The van der Waals surface area contributed by atoms with Gasteiger partial charge in [-0.25, -0.2) is 0 Å². The van der Waals surface area contributed by atoms with Crippen LogP contribution in [0.3, 0.4) is 0 Å². The number of carboxylic acid groups (broad SMARTS) is 1. The number of carboxylic acids is 1. The lowest BCUT2D eigenvalue weighted by Gasteiger charge is -2.25. The summed E-state index contributed by atoms with van der Waals surface area (Å²) in [7, 11) is 0. The van der Waals surface area contributed by atoms with Crippen LogP contribution in [-0.4, -0.2) is 29.1 Å². The molecule has 1 unspecified atom stereocenters. The molecule has 5 nitrogen and oxygen atoms in total. The molecule has 0 aliphatic rings. The van der Waals surface area contributed by atoms with E-state index in [1.54, 1.807) is 6.92 Å². The van der Waals surface area contributed by atoms with Crippen LogP contribution >= 0.6 is 0 Å². The van der Waals surface area contributed by atoms with Crippen molar-refractivity contribution in [2.75, 3.05) is 11.9 Å². The maximum absolute atomic E-state index is 12.0. The number of aliphatic carboxylic acids is 1. The average Bonchev–Trinajstić information content (AvgIpc) is 2.41. The molecule has 0 bridgehead atoms. The van der Waals surface area contributed by atoms with Crippen molar-refractivity contribution in [1.82, 2.24) is 5.32 Å². The standard InChI is InChI=1S/C16H24N2O3/c1-5-9-16(4,15(20)21)17-10-13(19)18-14-11(2)7-6-8-12(14)3/h6-8,17H,5,9-10H2,1-4H3,(H,18,19)(H,20,21). The predicted molar refractivity (Wildman–Crippen MR) is 83.5 cm³/mol. The van der Waals surface area contributed by atoms with Crippen molar-refractivity contribution in [2.45, 2.75) is 46.1 Å². The summed E-state index contributed by atoms with van der Waals surface area (Å²) in [6.45, 7) is 7.34. The minimum absolute atomic E-state index is 0.0312. The predicted octanol–water partition coefficient (Wildman–Crippen LogP) is 2.47. The molecule has 1 rings (SSSR count). The highest BCUT2D eigenvalue weighted by atomic mass is 16.4. The number of para-hydroxylation sites is 1. The van der Waals surface area contributed by atoms with Crippen LogP contribution in [0.1, 0.15) is 37.8 Å². The fourth-order valence-electron chi connectivity index (χ4n) is 2.24. The van der Waals surface area contributed by atoms with Gasteiger partial charge in [-0.3, -0.25) is 14.9 Å². The van der Waals surface area contributed by atoms with Gasteiger partial charge in [0.25, 0.3) is 0 Å². The highest BCUT2D eigenvalue weighted by Crippen LogP contribution is 2.19. The van der Waals surface area contributed by atoms with E-state index in [1.165, 1.54) is 0 Å². The molecule has 116 valence electrons. The molecule has 1 amide bonds. The van der Waals surface area contributed by atoms with Crippen LogP contribution in [0.2, 0.25) is 0 Å². The lowest BCUT2D eigenvalue weighted by molar-refractivity contribution is -0.144. The summed E-state index contributed by atoms with van der Waals surface area (Å²) in [5, 5.41) is 14.9. The van der Waals surface area contributed by atoms with Gasteiger partial charge in [-0.05, 0) is 38.3 Å². The van der Waals surface area contributed by atoms with Crippen molar-refractivity contribution in [2.24, 2.45) is 0 Å². The second-order valence-electron chi connectivity index (χ2n) is 5.56. The highest BCUT2D eigenvalue weighted by molar-refractivity contribution is 5.94. The van der Waals surface area contributed by atoms with Crippen LogP contribution in [0, 0.1) is 13.8 Å². The normalized spacial score (nSPS) is 13.5. The molecule has 0 fully saturated rings. The zero-order chi connectivity index (χ0) is 16.0. The molecule has 1 aromatic carbocycles. The Morgan fingerprint density at radius 1 is 1.24 bits per heavy atom. The molecule has 0 aliphatic carbocycles. The second kappa shape index (κ2) is 7.22. The summed E-state index contributed by atoms with van der Waals surface area (Å²) in [4.78, 5) is 23.3. The molecule has 1 atom stereocenters. The molecule has 0 spiro atoms. The Bertz CT molecular complexity index is 508. The lowest BCUT2D eigenvalue weighted by Crippen LogP contribution is -2.51. The van der Waals surface area contributed by atoms with E-state index in [9.17, 15) is 14.7 Å². The van der Waals surface area contributed by atoms with Gasteiger partial charge in [-0.15, -0.1) is 0 Å². The Morgan fingerprint density at radius 3 is 2.29 bits per heavy atom. The van der Waals surface area contributed by atoms with E-state index in [0.29, 0.717) is 6.42 Å². The Kier molecular flexibility index (Phi) is 5.90. The Labute approximate surface area is 125 Å². The first-order valence-electron chi connectivity index (χ1n) is 7.14. The van der Waals surface area contributed by atoms with Gasteiger partial charge in [0.15, 0.2) is 0 Å². The van der Waals surface area contributed by atoms with Gasteiger partial charge in [0.05, 0.1) is 6.54 Å². The molecule has 0 saturated carbocycles. The number of aryl methyl sites for hydroxylation is 2. The minimum atomic E-state index is -1.08. The molecule has 0 saturated heterocycles. The lowest BCUT2D eigenvalue weighted by atomic mass is 9.96. The van der Waals surface area contributed by atoms with E-state index in [0.717, 1.165) is 23.2 Å². The number of nitrogens with one attached hydrogen (secondary N) is 2. The summed E-state index contributed by atoms with van der Waals surface area (Å²) < 4.78 is 0. The van der Waals surface area contributed by atoms with Gasteiger partial charge < -0.3 is 10.4 Å². The zero-order valence-corrected chi connectivity index (χ0v) is 13.1. The Morgan fingerprint density at radius 2 is 1.81 bits per heavy atom. The largest absolute Gasteiger partial charge is 0.480 e. The second-order valence-corrected chi connectivity index (χ2v) is 5.56. The van der Waals surface area contributed by atoms with Gasteiger partial charge in [0, 0.05) is 5.69 Å². The number of amides is 1. The zero-order valence-electron chi connectivity index (χ0n) is 13.1. The van der Waals surface area contributed by atoms with Gasteiger partial charge in [0.1, 0.15) is 5.54 Å². The van der Waals surface area contributed by atoms with Crippen LogP contribution in [0.25, 0.3) is 0 Å². The van der Waals surface area contributed by atoms with Crippen LogP contribution < -0.4 is 10.6 Å². The molecule has 0 radical (unpaired) electrons. The molecular formula is C16H24N2O3. The number of carbonyl (C=O) groups excluding carboxylic acids is 1. The van der Waals surface area contributed by atoms with E-state index in [4.69, 9.17) is 0 Å². The third-order valence-electron chi connectivity index (χ3n) is 3.61. The van der Waals surface area contributed by atoms with E-state index < -0.39 is 11.5 Å². The molecule has 0 heterocycles. The first-order valence-corrected chi connectivity index (χ1v) is 7.14. The van der Waals surface area contributed by atoms with Crippen molar-refractivity contribution in [1.29, 1.82) is 0 Å². The number of anilines is 1. The molecule has 5 heteroatoms. The van der Waals surface area contributed by atoms with E-state index in [2.05, 4.69) is 10.6 Å². The van der Waals surface area contributed by atoms with Gasteiger partial charge >= 0.3 is 5.97 Å². The fourth-order valence-corrected chi connectivity index (χ4v) is 2.24. The molecule has 3 N–H and O–H groups in total. The van der Waals surface area contributed by atoms with Crippen LogP contribution in [0.15, 0.2) is 18.2 Å². The third kappa shape index (κ3) is 4.56. The number of carbonyl (C=O) groups is 2. The smallest absolute Gasteiger partial charge is 0.323 e. The highest BCUT2D eigenvalue weighted by Gasteiger charge is 2.31. The Hall–Kier alpha value is -1.88. The van der Waals surface area contributed by atoms with E-state index in [1.807, 2.05) is 39.0 Å². The summed E-state index contributed by atoms with van der Waals surface area (Å²) in [6, 6.07) is 5.78. The summed E-state index contributed by atoms with van der Waals surface area (Å²) in [5.41, 5.74) is 1.68. The van der Waals surface area contributed by atoms with E-state index >= 15 is 0 Å². The average molecular weight is 292 g/mol. The van der Waals surface area contributed by atoms with Crippen LogP contribution in [0.4, 0.5) is 5.69 Å². The molecular weight excluding hydrogens is 268 g/mol. The molecule has 0 aliphatic heterocycles. The molecule has 0 aromatic heterocycles. The van der Waals surface area contributed by atoms with Gasteiger partial charge in [0.2, 0.25) is 5.91 Å². The first-order chi connectivity index (χ1) is 9.80. The van der Waals surface area contributed by atoms with Crippen LogP contribution in [0.5, 0.6) is 0 Å². The quantitative estimate of drug-likeness (QED) is 0.721. The number of hydrogen-bond donors (Lipinski definition) is 3. The fraction of sp³-hybridized carbons (Fsp3) is 0.500. The summed E-state index contributed by atoms with van der Waals surface area (Å²) in [6.07, 6.45) is 1.20. The van der Waals surface area contributed by atoms with Crippen molar-refractivity contribution in [3.8, 4) is 0 Å². The van der Waals surface area contributed by atoms with Crippen molar-refractivity contribution in [3.05, 3.63) is 29.3 Å². The minimum Gasteiger partial charge on any atom is -0.480 e. The number of hydrogen-bond acceptors (Lipinski definition) is 3. The van der Waals surface area contributed by atoms with Crippen LogP contribution in [-0.2, 0) is 9.59 Å². The first kappa shape index (κ1) is 17.2. The maximum Gasteiger partial charge on any atom is 0.323 e.